The van der Waals surface area contributed by atoms with Gasteiger partial charge in [-0.1, -0.05) is 86.8 Å². The molecule has 2 aromatic carbocycles. The number of Topliss-reactive ketones (excluding diaryl/α,β-unsaturated/α-hetero) is 4. The quantitative estimate of drug-likeness (QED) is 0.144. The van der Waals surface area contributed by atoms with Crippen LogP contribution in [0.15, 0.2) is 72.3 Å². The normalized spacial score (nSPS) is 17.8. The van der Waals surface area contributed by atoms with Crippen molar-refractivity contribution >= 4 is 69.1 Å². The van der Waals surface area contributed by atoms with Crippen LogP contribution in [0.5, 0.6) is 0 Å². The van der Waals surface area contributed by atoms with Crippen LogP contribution in [0.2, 0.25) is 15.5 Å². The highest BCUT2D eigenvalue weighted by Crippen LogP contribution is 2.49. The predicted octanol–water partition coefficient (Wildman–Crippen LogP) is 12.9. The largest absolute Gasteiger partial charge is 0.510 e. The van der Waals surface area contributed by atoms with Crippen molar-refractivity contribution in [2.24, 2.45) is 21.7 Å². The van der Waals surface area contributed by atoms with E-state index in [1.807, 2.05) is 71.0 Å². The predicted molar refractivity (Wildman–Crippen MR) is 243 cm³/mol. The lowest BCUT2D eigenvalue weighted by Gasteiger charge is -2.38. The van der Waals surface area contributed by atoms with Gasteiger partial charge in [-0.15, -0.1) is 0 Å². The molecule has 2 heterocycles. The summed E-state index contributed by atoms with van der Waals surface area (Å²) in [7, 11) is 0. The van der Waals surface area contributed by atoms with Crippen molar-refractivity contribution in [3.05, 3.63) is 116 Å². The Balaban J connectivity index is 0.000000254. The first-order valence-corrected chi connectivity index (χ1v) is 21.3. The van der Waals surface area contributed by atoms with E-state index in [2.05, 4.69) is 9.97 Å². The zero-order chi connectivity index (χ0) is 45.4. The van der Waals surface area contributed by atoms with Gasteiger partial charge in [-0.05, 0) is 144 Å². The number of pyridine rings is 2. The fraction of sp³-hybridized carbons (Fsp3) is 0.388. The zero-order valence-electron chi connectivity index (χ0n) is 36.7. The summed E-state index contributed by atoms with van der Waals surface area (Å²) in [5.41, 5.74) is 2.93. The number of aliphatic hydroxyl groups excluding tert-OH is 2. The summed E-state index contributed by atoms with van der Waals surface area (Å²) >= 11 is 18.2. The maximum absolute atomic E-state index is 13.3. The van der Waals surface area contributed by atoms with E-state index in [1.165, 1.54) is 0 Å². The summed E-state index contributed by atoms with van der Waals surface area (Å²) < 4.78 is 0. The number of ketones is 4. The second kappa shape index (κ2) is 17.8. The molecule has 2 aliphatic carbocycles. The summed E-state index contributed by atoms with van der Waals surface area (Å²) in [5.74, 6) is -1.66. The molecule has 2 aliphatic rings. The molecule has 318 valence electrons. The Bertz CT molecular complexity index is 2300. The highest BCUT2D eigenvalue weighted by molar-refractivity contribution is 6.36. The number of hydrogen-bond acceptors (Lipinski definition) is 8. The molecule has 0 fully saturated rings. The maximum atomic E-state index is 13.3. The second-order valence-corrected chi connectivity index (χ2v) is 18.1. The van der Waals surface area contributed by atoms with Gasteiger partial charge in [-0.2, -0.15) is 0 Å². The lowest BCUT2D eigenvalue weighted by Crippen LogP contribution is -2.48. The van der Waals surface area contributed by atoms with Crippen LogP contribution in [0.25, 0.3) is 33.4 Å². The van der Waals surface area contributed by atoms with Gasteiger partial charge in [0.25, 0.3) is 0 Å². The first kappa shape index (κ1) is 48.0. The molecule has 6 rings (SSSR count). The minimum absolute atomic E-state index is 0.162. The monoisotopic (exact) mass is 872 g/mol. The van der Waals surface area contributed by atoms with E-state index < -0.39 is 21.7 Å². The molecule has 11 heteroatoms. The maximum Gasteiger partial charge on any atom is 0.179 e. The van der Waals surface area contributed by atoms with E-state index in [9.17, 15) is 29.4 Å². The summed E-state index contributed by atoms with van der Waals surface area (Å²) in [6.45, 7) is 23.0. The van der Waals surface area contributed by atoms with Gasteiger partial charge in [0.05, 0.1) is 32.8 Å². The van der Waals surface area contributed by atoms with Crippen LogP contribution in [0.4, 0.5) is 0 Å². The number of halogens is 3. The van der Waals surface area contributed by atoms with E-state index in [4.69, 9.17) is 34.8 Å². The smallest absolute Gasteiger partial charge is 0.179 e. The third-order valence-corrected chi connectivity index (χ3v) is 12.3. The van der Waals surface area contributed by atoms with Crippen molar-refractivity contribution in [3.63, 3.8) is 0 Å². The number of rotatable bonds is 6. The molecule has 8 nitrogen and oxygen atoms in total. The summed E-state index contributed by atoms with van der Waals surface area (Å²) in [6.07, 6.45) is 3.05. The zero-order valence-corrected chi connectivity index (χ0v) is 39.0. The van der Waals surface area contributed by atoms with Gasteiger partial charge in [0.2, 0.25) is 0 Å². The molecule has 0 radical (unpaired) electrons. The van der Waals surface area contributed by atoms with Crippen molar-refractivity contribution in [3.8, 4) is 22.3 Å². The first-order valence-electron chi connectivity index (χ1n) is 20.1. The van der Waals surface area contributed by atoms with Crippen molar-refractivity contribution in [2.75, 3.05) is 0 Å². The van der Waals surface area contributed by atoms with Crippen LogP contribution in [0.3, 0.4) is 0 Å². The Labute approximate surface area is 369 Å². The van der Waals surface area contributed by atoms with Crippen LogP contribution in [0, 0.1) is 28.6 Å². The highest BCUT2D eigenvalue weighted by Gasteiger charge is 2.54. The molecule has 0 spiro atoms. The Morgan fingerprint density at radius 3 is 1.35 bits per heavy atom. The molecule has 0 saturated heterocycles. The van der Waals surface area contributed by atoms with Gasteiger partial charge in [0, 0.05) is 17.3 Å². The lowest BCUT2D eigenvalue weighted by molar-refractivity contribution is -0.144. The number of aromatic nitrogens is 2. The Kier molecular flexibility index (Phi) is 14.2. The fourth-order valence-corrected chi connectivity index (χ4v) is 8.64. The van der Waals surface area contributed by atoms with Crippen molar-refractivity contribution in [1.29, 1.82) is 0 Å². The summed E-state index contributed by atoms with van der Waals surface area (Å²) in [5, 5.41) is 22.9. The summed E-state index contributed by atoms with van der Waals surface area (Å²) in [6, 6.07) is 16.7. The number of nitrogens with zero attached hydrogens (tertiary/aromatic N) is 2. The molecule has 60 heavy (non-hydrogen) atoms. The van der Waals surface area contributed by atoms with E-state index in [-0.39, 0.29) is 56.1 Å². The molecule has 0 saturated carbocycles. The molecule has 0 atom stereocenters. The molecule has 2 N–H and O–H groups in total. The number of aryl methyl sites for hydroxylation is 3. The number of aliphatic hydroxyl groups is 2. The number of carbonyl (C=O) groups is 4. The topological polar surface area (TPSA) is 135 Å². The molecular weight excluding hydrogens is 819 g/mol. The standard InChI is InChI=1S/C24H26ClNO3.C23H23Cl2NO3.C2H6/c1-7-14-8-9-15(17-12-26-18(25)10-13(17)2)11-16(14)19-20(27)23(3,4)22(29)24(5,6)21(19)28;1-6-12-7-8-13(14-9-10-16(24)26-20(14)25)11-15(12)17-18(27)22(2,3)21(29)23(4,5)19(17)28;1-2/h8-12,27H,7H2,1-6H3;7-11,27H,6H2,1-5H3;1-2H3. The van der Waals surface area contributed by atoms with Crippen LogP contribution >= 0.6 is 34.8 Å². The SMILES string of the molecule is CC.CCc1ccc(-c2ccc(Cl)nc2Cl)cc1C1=C(O)C(C)(C)C(=O)C(C)(C)C1=O.CCc1ccc(-c2cnc(Cl)cc2C)cc1C1=C(O)C(C)(C)C(=O)C(C)(C)C1=O. The van der Waals surface area contributed by atoms with Gasteiger partial charge in [0.1, 0.15) is 27.0 Å². The molecule has 0 unspecified atom stereocenters. The highest BCUT2D eigenvalue weighted by atomic mass is 35.5. The third-order valence-electron chi connectivity index (χ3n) is 11.6. The number of carbonyl (C=O) groups excluding carboxylic acids is 4. The van der Waals surface area contributed by atoms with Gasteiger partial charge >= 0.3 is 0 Å². The van der Waals surface area contributed by atoms with Crippen LogP contribution in [-0.2, 0) is 32.0 Å². The molecule has 4 aromatic rings. The van der Waals surface area contributed by atoms with Gasteiger partial charge in [0.15, 0.2) is 23.1 Å². The average Bonchev–Trinajstić information content (AvgIpc) is 3.20. The minimum atomic E-state index is -1.23. The molecule has 0 amide bonds. The van der Waals surface area contributed by atoms with Gasteiger partial charge < -0.3 is 10.2 Å². The van der Waals surface area contributed by atoms with Gasteiger partial charge in [-0.3, -0.25) is 19.2 Å². The van der Waals surface area contributed by atoms with E-state index in [0.717, 1.165) is 33.4 Å². The van der Waals surface area contributed by atoms with E-state index in [0.29, 0.717) is 34.7 Å². The Morgan fingerprint density at radius 2 is 0.967 bits per heavy atom. The second-order valence-electron chi connectivity index (χ2n) is 17.0. The first-order chi connectivity index (χ1) is 27.8. The van der Waals surface area contributed by atoms with Gasteiger partial charge in [-0.25, -0.2) is 9.97 Å². The van der Waals surface area contributed by atoms with Crippen molar-refractivity contribution in [1.82, 2.24) is 9.97 Å². The average molecular weight is 874 g/mol. The third kappa shape index (κ3) is 8.48. The summed E-state index contributed by atoms with van der Waals surface area (Å²) in [4.78, 5) is 60.5. The molecular formula is C49H55Cl3N2O6. The molecule has 2 aromatic heterocycles. The van der Waals surface area contributed by atoms with Crippen molar-refractivity contribution in [2.45, 2.75) is 103 Å². The Morgan fingerprint density at radius 1 is 0.550 bits per heavy atom. The van der Waals surface area contributed by atoms with Crippen molar-refractivity contribution < 1.29 is 29.4 Å². The van der Waals surface area contributed by atoms with Crippen LogP contribution in [-0.4, -0.2) is 43.3 Å². The minimum Gasteiger partial charge on any atom is -0.510 e. The van der Waals surface area contributed by atoms with E-state index >= 15 is 0 Å². The van der Waals surface area contributed by atoms with Crippen LogP contribution in [0.1, 0.15) is 111 Å². The number of hydrogen-bond donors (Lipinski definition) is 2. The number of allylic oxidation sites excluding steroid dienone is 4. The van der Waals surface area contributed by atoms with Crippen LogP contribution < -0.4 is 0 Å². The lowest BCUT2D eigenvalue weighted by atomic mass is 9.62. The van der Waals surface area contributed by atoms with E-state index in [1.54, 1.807) is 79.8 Å². The Hall–Kier alpha value is -4.63. The molecule has 0 bridgehead atoms. The number of benzene rings is 2. The fourth-order valence-electron chi connectivity index (χ4n) is 7.97. The molecule has 0 aliphatic heterocycles.